The molecule has 0 aliphatic heterocycles. The van der Waals surface area contributed by atoms with Crippen molar-refractivity contribution in [1.29, 1.82) is 0 Å². The van der Waals surface area contributed by atoms with Gasteiger partial charge in [-0.1, -0.05) is 26.2 Å². The molecule has 0 spiro atoms. The zero-order valence-electron chi connectivity index (χ0n) is 10.8. The van der Waals surface area contributed by atoms with Crippen molar-refractivity contribution < 1.29 is 0 Å². The van der Waals surface area contributed by atoms with Crippen molar-refractivity contribution in [2.75, 3.05) is 0 Å². The molecular weight excluding hydrogens is 196 g/mol. The van der Waals surface area contributed by atoms with E-state index in [1.165, 1.54) is 57.8 Å². The number of nitrogens with one attached hydrogen (secondary N) is 1. The maximum atomic E-state index is 5.95. The monoisotopic (exact) mass is 224 g/mol. The molecule has 2 nitrogen and oxygen atoms in total. The fourth-order valence-corrected chi connectivity index (χ4v) is 3.43. The molecule has 0 saturated heterocycles. The molecule has 0 radical (unpaired) electrons. The minimum atomic E-state index is 0.479. The van der Waals surface area contributed by atoms with E-state index in [-0.39, 0.29) is 0 Å². The standard InChI is InChI=1S/C14H28N2/c1-2-11-4-3-5-14(10-11)16-13-8-6-12(15)7-9-13/h11-14,16H,2-10,15H2,1H3. The lowest BCUT2D eigenvalue weighted by Gasteiger charge is -2.35. The van der Waals surface area contributed by atoms with E-state index in [1.807, 2.05) is 0 Å². The van der Waals surface area contributed by atoms with E-state index in [9.17, 15) is 0 Å². The van der Waals surface area contributed by atoms with Crippen LogP contribution in [-0.2, 0) is 0 Å². The molecule has 3 N–H and O–H groups in total. The highest BCUT2D eigenvalue weighted by atomic mass is 15.0. The van der Waals surface area contributed by atoms with E-state index in [0.29, 0.717) is 6.04 Å². The van der Waals surface area contributed by atoms with Gasteiger partial charge in [0.05, 0.1) is 0 Å². The van der Waals surface area contributed by atoms with Crippen LogP contribution in [0.15, 0.2) is 0 Å². The third kappa shape index (κ3) is 3.46. The average Bonchev–Trinajstić information content (AvgIpc) is 2.32. The summed E-state index contributed by atoms with van der Waals surface area (Å²) < 4.78 is 0. The predicted octanol–water partition coefficient (Wildman–Crippen LogP) is 2.81. The van der Waals surface area contributed by atoms with Crippen LogP contribution in [0.25, 0.3) is 0 Å². The molecule has 2 saturated carbocycles. The Hall–Kier alpha value is -0.0800. The topological polar surface area (TPSA) is 38.0 Å². The van der Waals surface area contributed by atoms with Gasteiger partial charge in [-0.2, -0.15) is 0 Å². The lowest BCUT2D eigenvalue weighted by molar-refractivity contribution is 0.236. The quantitative estimate of drug-likeness (QED) is 0.773. The molecule has 16 heavy (non-hydrogen) atoms. The summed E-state index contributed by atoms with van der Waals surface area (Å²) in [5.74, 6) is 0.983. The van der Waals surface area contributed by atoms with Gasteiger partial charge in [-0.15, -0.1) is 0 Å². The summed E-state index contributed by atoms with van der Waals surface area (Å²) in [5.41, 5.74) is 5.95. The van der Waals surface area contributed by atoms with Crippen LogP contribution >= 0.6 is 0 Å². The lowest BCUT2D eigenvalue weighted by atomic mass is 9.83. The Kier molecular flexibility index (Phi) is 4.66. The fourth-order valence-electron chi connectivity index (χ4n) is 3.43. The Morgan fingerprint density at radius 2 is 1.75 bits per heavy atom. The maximum Gasteiger partial charge on any atom is 0.00722 e. The SMILES string of the molecule is CCC1CCCC(NC2CCC(N)CC2)C1. The second-order valence-corrected chi connectivity index (χ2v) is 5.92. The Bertz CT molecular complexity index is 197. The van der Waals surface area contributed by atoms with Gasteiger partial charge in [0.25, 0.3) is 0 Å². The van der Waals surface area contributed by atoms with Crippen LogP contribution < -0.4 is 11.1 Å². The van der Waals surface area contributed by atoms with Crippen molar-refractivity contribution in [2.24, 2.45) is 11.7 Å². The minimum absolute atomic E-state index is 0.479. The lowest BCUT2D eigenvalue weighted by Crippen LogP contribution is -2.44. The van der Waals surface area contributed by atoms with Crippen LogP contribution in [0.4, 0.5) is 0 Å². The van der Waals surface area contributed by atoms with Gasteiger partial charge >= 0.3 is 0 Å². The Morgan fingerprint density at radius 1 is 1.00 bits per heavy atom. The van der Waals surface area contributed by atoms with Crippen LogP contribution in [0.3, 0.4) is 0 Å². The Balaban J connectivity index is 1.72. The Morgan fingerprint density at radius 3 is 2.44 bits per heavy atom. The summed E-state index contributed by atoms with van der Waals surface area (Å²) in [5, 5.41) is 3.89. The van der Waals surface area contributed by atoms with E-state index >= 15 is 0 Å². The number of rotatable bonds is 3. The normalized spacial score (nSPS) is 40.9. The van der Waals surface area contributed by atoms with Crippen molar-refractivity contribution in [3.05, 3.63) is 0 Å². The van der Waals surface area contributed by atoms with E-state index in [2.05, 4.69) is 12.2 Å². The molecule has 0 amide bonds. The zero-order chi connectivity index (χ0) is 11.4. The van der Waals surface area contributed by atoms with Crippen molar-refractivity contribution >= 4 is 0 Å². The molecule has 0 aromatic heterocycles. The molecule has 2 fully saturated rings. The number of hydrogen-bond acceptors (Lipinski definition) is 2. The second-order valence-electron chi connectivity index (χ2n) is 5.92. The van der Waals surface area contributed by atoms with Crippen molar-refractivity contribution in [3.63, 3.8) is 0 Å². The molecule has 2 aliphatic rings. The molecule has 0 aromatic rings. The molecule has 94 valence electrons. The van der Waals surface area contributed by atoms with Crippen LogP contribution in [0, 0.1) is 5.92 Å². The molecule has 2 atom stereocenters. The highest BCUT2D eigenvalue weighted by molar-refractivity contribution is 4.84. The highest BCUT2D eigenvalue weighted by Gasteiger charge is 2.25. The first-order valence-electron chi connectivity index (χ1n) is 7.29. The highest BCUT2D eigenvalue weighted by Crippen LogP contribution is 2.28. The second kappa shape index (κ2) is 6.02. The van der Waals surface area contributed by atoms with E-state index in [1.54, 1.807) is 0 Å². The van der Waals surface area contributed by atoms with Gasteiger partial charge in [0.1, 0.15) is 0 Å². The van der Waals surface area contributed by atoms with Gasteiger partial charge in [0.2, 0.25) is 0 Å². The summed E-state index contributed by atoms with van der Waals surface area (Å²) >= 11 is 0. The predicted molar refractivity (Wildman–Crippen MR) is 69.4 cm³/mol. The van der Waals surface area contributed by atoms with Gasteiger partial charge in [0, 0.05) is 18.1 Å². The van der Waals surface area contributed by atoms with Crippen molar-refractivity contribution in [1.82, 2.24) is 5.32 Å². The molecule has 2 aliphatic carbocycles. The van der Waals surface area contributed by atoms with Crippen molar-refractivity contribution in [2.45, 2.75) is 82.8 Å². The molecule has 0 aromatic carbocycles. The average molecular weight is 224 g/mol. The van der Waals surface area contributed by atoms with Gasteiger partial charge in [-0.3, -0.25) is 0 Å². The first kappa shape index (κ1) is 12.4. The summed E-state index contributed by atoms with van der Waals surface area (Å²) in [7, 11) is 0. The summed E-state index contributed by atoms with van der Waals surface area (Å²) in [4.78, 5) is 0. The van der Waals surface area contributed by atoms with E-state index in [0.717, 1.165) is 18.0 Å². The van der Waals surface area contributed by atoms with Gasteiger partial charge in [0.15, 0.2) is 0 Å². The summed E-state index contributed by atoms with van der Waals surface area (Å²) in [6, 6.07) is 2.05. The summed E-state index contributed by atoms with van der Waals surface area (Å²) in [6.07, 6.45) is 12.1. The third-order valence-corrected chi connectivity index (χ3v) is 4.60. The van der Waals surface area contributed by atoms with Crippen LogP contribution in [0.1, 0.15) is 64.7 Å². The molecule has 0 heterocycles. The zero-order valence-corrected chi connectivity index (χ0v) is 10.8. The first-order valence-corrected chi connectivity index (χ1v) is 7.29. The molecule has 2 heteroatoms. The Labute approximate surface area is 100 Å². The first-order chi connectivity index (χ1) is 7.78. The number of hydrogen-bond donors (Lipinski definition) is 2. The molecule has 2 unspecified atom stereocenters. The summed E-state index contributed by atoms with van der Waals surface area (Å²) in [6.45, 7) is 2.34. The van der Waals surface area contributed by atoms with Crippen LogP contribution in [-0.4, -0.2) is 18.1 Å². The largest absolute Gasteiger partial charge is 0.328 e. The fraction of sp³-hybridized carbons (Fsp3) is 1.00. The van der Waals surface area contributed by atoms with Crippen LogP contribution in [0.5, 0.6) is 0 Å². The van der Waals surface area contributed by atoms with Gasteiger partial charge in [-0.25, -0.2) is 0 Å². The van der Waals surface area contributed by atoms with Gasteiger partial charge in [-0.05, 0) is 44.4 Å². The maximum absolute atomic E-state index is 5.95. The van der Waals surface area contributed by atoms with Crippen molar-refractivity contribution in [3.8, 4) is 0 Å². The molecule has 2 rings (SSSR count). The minimum Gasteiger partial charge on any atom is -0.328 e. The molecular formula is C14H28N2. The van der Waals surface area contributed by atoms with Crippen LogP contribution in [0.2, 0.25) is 0 Å². The molecule has 0 bridgehead atoms. The van der Waals surface area contributed by atoms with Gasteiger partial charge < -0.3 is 11.1 Å². The van der Waals surface area contributed by atoms with E-state index in [4.69, 9.17) is 5.73 Å². The number of nitrogens with two attached hydrogens (primary N) is 1. The van der Waals surface area contributed by atoms with E-state index < -0.39 is 0 Å². The smallest absolute Gasteiger partial charge is 0.00722 e. The third-order valence-electron chi connectivity index (χ3n) is 4.60.